The summed E-state index contributed by atoms with van der Waals surface area (Å²) < 4.78 is 1.73. The van der Waals surface area contributed by atoms with E-state index in [1.807, 2.05) is 38.1 Å². The van der Waals surface area contributed by atoms with Crippen LogP contribution in [0.4, 0.5) is 5.69 Å². The molecule has 0 aliphatic rings. The maximum Gasteiger partial charge on any atom is 0.225 e. The molecule has 0 saturated heterocycles. The van der Waals surface area contributed by atoms with Crippen LogP contribution in [0.2, 0.25) is 0 Å². The number of benzene rings is 1. The van der Waals surface area contributed by atoms with Gasteiger partial charge >= 0.3 is 0 Å². The van der Waals surface area contributed by atoms with E-state index in [0.717, 1.165) is 11.3 Å². The molecule has 0 aliphatic heterocycles. The molecule has 1 aromatic heterocycles. The van der Waals surface area contributed by atoms with Gasteiger partial charge in [0.05, 0.1) is 6.54 Å². The average Bonchev–Trinajstić information content (AvgIpc) is 2.91. The van der Waals surface area contributed by atoms with Gasteiger partial charge in [0.2, 0.25) is 5.91 Å². The Morgan fingerprint density at radius 3 is 2.90 bits per heavy atom. The summed E-state index contributed by atoms with van der Waals surface area (Å²) in [5, 5.41) is 6.95. The number of nitrogens with two attached hydrogens (primary N) is 1. The zero-order valence-electron chi connectivity index (χ0n) is 12.4. The zero-order chi connectivity index (χ0) is 15.2. The van der Waals surface area contributed by atoms with Crippen molar-refractivity contribution in [2.75, 3.05) is 5.32 Å². The topological polar surface area (TPSA) is 85.8 Å². The largest absolute Gasteiger partial charge is 0.327 e. The molecule has 6 heteroatoms. The Morgan fingerprint density at radius 1 is 1.43 bits per heavy atom. The molecule has 0 bridgehead atoms. The lowest BCUT2D eigenvalue weighted by atomic mass is 10.0. The van der Waals surface area contributed by atoms with E-state index in [0.29, 0.717) is 13.0 Å². The van der Waals surface area contributed by atoms with Gasteiger partial charge in [0, 0.05) is 18.2 Å². The minimum absolute atomic E-state index is 0.0610. The van der Waals surface area contributed by atoms with E-state index in [1.54, 1.807) is 11.0 Å². The second-order valence-electron chi connectivity index (χ2n) is 5.45. The molecule has 0 fully saturated rings. The molecule has 1 aromatic carbocycles. The second-order valence-corrected chi connectivity index (χ2v) is 5.45. The fourth-order valence-corrected chi connectivity index (χ4v) is 1.91. The first-order valence-corrected chi connectivity index (χ1v) is 7.01. The molecule has 2 rings (SSSR count). The van der Waals surface area contributed by atoms with E-state index >= 15 is 0 Å². The minimum atomic E-state index is -0.122. The highest BCUT2D eigenvalue weighted by molar-refractivity contribution is 5.91. The van der Waals surface area contributed by atoms with Crippen molar-refractivity contribution in [1.29, 1.82) is 0 Å². The van der Waals surface area contributed by atoms with E-state index in [-0.39, 0.29) is 17.9 Å². The number of hydrogen-bond donors (Lipinski definition) is 2. The summed E-state index contributed by atoms with van der Waals surface area (Å²) >= 11 is 0. The molecule has 1 unspecified atom stereocenters. The summed E-state index contributed by atoms with van der Waals surface area (Å²) in [6.45, 7) is 4.64. The Bertz CT molecular complexity index is 580. The zero-order valence-corrected chi connectivity index (χ0v) is 12.4. The predicted molar refractivity (Wildman–Crippen MR) is 81.6 cm³/mol. The lowest BCUT2D eigenvalue weighted by Crippen LogP contribution is -2.31. The highest BCUT2D eigenvalue weighted by Crippen LogP contribution is 2.13. The normalized spacial score (nSPS) is 12.4. The fraction of sp³-hybridized carbons (Fsp3) is 0.400. The van der Waals surface area contributed by atoms with Crippen LogP contribution in [0.5, 0.6) is 0 Å². The molecule has 2 aromatic rings. The van der Waals surface area contributed by atoms with Crippen molar-refractivity contribution in [2.24, 2.45) is 11.7 Å². The fourth-order valence-electron chi connectivity index (χ4n) is 1.91. The maximum atomic E-state index is 11.9. The monoisotopic (exact) mass is 287 g/mol. The van der Waals surface area contributed by atoms with Gasteiger partial charge in [-0.15, -0.1) is 0 Å². The van der Waals surface area contributed by atoms with Crippen molar-refractivity contribution in [2.45, 2.75) is 32.9 Å². The van der Waals surface area contributed by atoms with E-state index in [4.69, 9.17) is 5.73 Å². The Balaban J connectivity index is 1.96. The van der Waals surface area contributed by atoms with E-state index in [9.17, 15) is 4.79 Å². The van der Waals surface area contributed by atoms with Gasteiger partial charge in [-0.05, 0) is 23.6 Å². The van der Waals surface area contributed by atoms with Crippen LogP contribution in [-0.2, 0) is 11.3 Å². The first-order chi connectivity index (χ1) is 10.0. The smallest absolute Gasteiger partial charge is 0.225 e. The predicted octanol–water partition coefficient (Wildman–Crippen LogP) is 1.64. The number of carbonyl (C=O) groups excluding carboxylic acids is 1. The molecule has 0 aliphatic carbocycles. The summed E-state index contributed by atoms with van der Waals surface area (Å²) in [7, 11) is 0. The van der Waals surface area contributed by atoms with E-state index in [1.165, 1.54) is 6.33 Å². The Labute approximate surface area is 124 Å². The molecular formula is C15H21N5O. The first-order valence-electron chi connectivity index (χ1n) is 7.01. The number of amides is 1. The Hall–Kier alpha value is -2.21. The Morgan fingerprint density at radius 2 is 2.24 bits per heavy atom. The van der Waals surface area contributed by atoms with Crippen LogP contribution in [0.3, 0.4) is 0 Å². The number of rotatable bonds is 6. The van der Waals surface area contributed by atoms with Crippen molar-refractivity contribution in [1.82, 2.24) is 14.8 Å². The minimum Gasteiger partial charge on any atom is -0.327 e. The van der Waals surface area contributed by atoms with Crippen molar-refractivity contribution in [3.63, 3.8) is 0 Å². The van der Waals surface area contributed by atoms with Crippen LogP contribution >= 0.6 is 0 Å². The van der Waals surface area contributed by atoms with Crippen LogP contribution in [0.1, 0.15) is 25.8 Å². The van der Waals surface area contributed by atoms with Gasteiger partial charge in [-0.25, -0.2) is 9.67 Å². The van der Waals surface area contributed by atoms with Gasteiger partial charge in [0.1, 0.15) is 12.7 Å². The van der Waals surface area contributed by atoms with Crippen LogP contribution in [0.25, 0.3) is 0 Å². The van der Waals surface area contributed by atoms with Gasteiger partial charge in [-0.1, -0.05) is 26.0 Å². The lowest BCUT2D eigenvalue weighted by molar-refractivity contribution is -0.116. The van der Waals surface area contributed by atoms with Crippen molar-refractivity contribution in [3.8, 4) is 0 Å². The number of nitrogens with one attached hydrogen (secondary N) is 1. The van der Waals surface area contributed by atoms with Gasteiger partial charge in [0.25, 0.3) is 0 Å². The van der Waals surface area contributed by atoms with Gasteiger partial charge in [0.15, 0.2) is 0 Å². The number of hydrogen-bond acceptors (Lipinski definition) is 4. The standard InChI is InChI=1S/C15H21N5O/c1-11(2)14(16)7-15(21)19-13-5-3-4-12(6-13)8-20-10-17-9-18-20/h3-6,9-11,14H,7-8,16H2,1-2H3,(H,19,21). The number of aromatic nitrogens is 3. The van der Waals surface area contributed by atoms with Crippen molar-refractivity contribution >= 4 is 11.6 Å². The molecular weight excluding hydrogens is 266 g/mol. The van der Waals surface area contributed by atoms with Crippen LogP contribution < -0.4 is 11.1 Å². The molecule has 1 amide bonds. The SMILES string of the molecule is CC(C)C(N)CC(=O)Nc1cccc(Cn2cncn2)c1. The average molecular weight is 287 g/mol. The highest BCUT2D eigenvalue weighted by atomic mass is 16.1. The molecule has 21 heavy (non-hydrogen) atoms. The molecule has 112 valence electrons. The van der Waals surface area contributed by atoms with Gasteiger partial charge in [-0.3, -0.25) is 4.79 Å². The summed E-state index contributed by atoms with van der Waals surface area (Å²) in [6, 6.07) is 7.56. The molecule has 0 spiro atoms. The third-order valence-electron chi connectivity index (χ3n) is 3.30. The summed E-state index contributed by atoms with van der Waals surface area (Å²) in [4.78, 5) is 15.8. The summed E-state index contributed by atoms with van der Waals surface area (Å²) in [5.41, 5.74) is 7.73. The lowest BCUT2D eigenvalue weighted by Gasteiger charge is -2.15. The molecule has 0 radical (unpaired) electrons. The van der Waals surface area contributed by atoms with Crippen LogP contribution in [-0.4, -0.2) is 26.7 Å². The third kappa shape index (κ3) is 4.68. The van der Waals surface area contributed by atoms with Gasteiger partial charge < -0.3 is 11.1 Å². The first kappa shape index (κ1) is 15.2. The third-order valence-corrected chi connectivity index (χ3v) is 3.30. The van der Waals surface area contributed by atoms with Crippen molar-refractivity contribution in [3.05, 3.63) is 42.5 Å². The molecule has 6 nitrogen and oxygen atoms in total. The second kappa shape index (κ2) is 6.99. The molecule has 0 saturated carbocycles. The van der Waals surface area contributed by atoms with E-state index < -0.39 is 0 Å². The molecule has 1 atom stereocenters. The number of anilines is 1. The van der Waals surface area contributed by atoms with Gasteiger partial charge in [-0.2, -0.15) is 5.10 Å². The van der Waals surface area contributed by atoms with E-state index in [2.05, 4.69) is 15.4 Å². The van der Waals surface area contributed by atoms with Crippen molar-refractivity contribution < 1.29 is 4.79 Å². The highest BCUT2D eigenvalue weighted by Gasteiger charge is 2.13. The van der Waals surface area contributed by atoms with Crippen LogP contribution in [0.15, 0.2) is 36.9 Å². The number of carbonyl (C=O) groups is 1. The quantitative estimate of drug-likeness (QED) is 0.845. The van der Waals surface area contributed by atoms with Crippen LogP contribution in [0, 0.1) is 5.92 Å². The maximum absolute atomic E-state index is 11.9. The molecule has 3 N–H and O–H groups in total. The molecule has 1 heterocycles. The Kier molecular flexibility index (Phi) is 5.05. The number of nitrogens with zero attached hydrogens (tertiary/aromatic N) is 3. The summed E-state index contributed by atoms with van der Waals surface area (Å²) in [5.74, 6) is 0.225. The summed E-state index contributed by atoms with van der Waals surface area (Å²) in [6.07, 6.45) is 3.48.